The van der Waals surface area contributed by atoms with Gasteiger partial charge in [0.2, 0.25) is 5.91 Å². The number of ether oxygens (including phenoxy) is 1. The smallest absolute Gasteiger partial charge is 0.228 e. The summed E-state index contributed by atoms with van der Waals surface area (Å²) in [5.74, 6) is 0.823. The summed E-state index contributed by atoms with van der Waals surface area (Å²) in [4.78, 5) is 18.7. The first-order chi connectivity index (χ1) is 9.73. The first-order valence-corrected chi connectivity index (χ1v) is 7.40. The number of carbonyl (C=O) groups excluding carboxylic acids is 1. The summed E-state index contributed by atoms with van der Waals surface area (Å²) >= 11 is 0. The molecule has 1 aromatic heterocycles. The van der Waals surface area contributed by atoms with Crippen LogP contribution in [0.25, 0.3) is 0 Å². The van der Waals surface area contributed by atoms with Crippen LogP contribution in [0.1, 0.15) is 25.0 Å². The summed E-state index contributed by atoms with van der Waals surface area (Å²) < 4.78 is 5.43. The number of methoxy groups -OCH3 is 1. The van der Waals surface area contributed by atoms with Gasteiger partial charge in [0.15, 0.2) is 0 Å². The predicted molar refractivity (Wildman–Crippen MR) is 76.2 cm³/mol. The molecule has 108 valence electrons. The highest BCUT2D eigenvalue weighted by Gasteiger charge is 2.50. The van der Waals surface area contributed by atoms with Crippen LogP contribution in [0.4, 0.5) is 0 Å². The number of fused-ring (bicyclic) bond motifs is 1. The highest BCUT2D eigenvalue weighted by molar-refractivity contribution is 5.78. The molecular weight excluding hydrogens is 252 g/mol. The molecule has 2 fully saturated rings. The zero-order valence-electron chi connectivity index (χ0n) is 12.0. The molecule has 2 atom stereocenters. The SMILES string of the molecule is COC[C@]12CCC[C@H]1CN(C(=O)Cc1ccccn1)C2. The van der Waals surface area contributed by atoms with Crippen LogP contribution in [0.3, 0.4) is 0 Å². The molecule has 0 N–H and O–H groups in total. The molecular formula is C16H22N2O2. The zero-order valence-corrected chi connectivity index (χ0v) is 12.0. The van der Waals surface area contributed by atoms with Gasteiger partial charge in [-0.05, 0) is 30.9 Å². The van der Waals surface area contributed by atoms with Crippen molar-refractivity contribution in [2.24, 2.45) is 11.3 Å². The standard InChI is InChI=1S/C16H22N2O2/c1-20-12-16-7-4-5-13(16)10-18(11-16)15(19)9-14-6-2-3-8-17-14/h2-3,6,8,13H,4-5,7,9-12H2,1H3/t13-,16+/m0/s1. The second-order valence-electron chi connectivity index (χ2n) is 6.16. The number of carbonyl (C=O) groups is 1. The number of hydrogen-bond donors (Lipinski definition) is 0. The molecule has 1 amide bonds. The van der Waals surface area contributed by atoms with Gasteiger partial charge in [-0.2, -0.15) is 0 Å². The third-order valence-electron chi connectivity index (χ3n) is 4.88. The van der Waals surface area contributed by atoms with E-state index in [0.29, 0.717) is 12.3 Å². The van der Waals surface area contributed by atoms with Crippen molar-refractivity contribution in [2.45, 2.75) is 25.7 Å². The van der Waals surface area contributed by atoms with Crippen molar-refractivity contribution in [2.75, 3.05) is 26.8 Å². The summed E-state index contributed by atoms with van der Waals surface area (Å²) in [7, 11) is 1.77. The molecule has 0 spiro atoms. The van der Waals surface area contributed by atoms with Gasteiger partial charge in [0.1, 0.15) is 0 Å². The molecule has 1 aromatic rings. The number of hydrogen-bond acceptors (Lipinski definition) is 3. The zero-order chi connectivity index (χ0) is 14.0. The molecule has 0 unspecified atom stereocenters. The highest BCUT2D eigenvalue weighted by Crippen LogP contribution is 2.48. The van der Waals surface area contributed by atoms with Gasteiger partial charge in [0.05, 0.1) is 13.0 Å². The minimum Gasteiger partial charge on any atom is -0.384 e. The van der Waals surface area contributed by atoms with Crippen LogP contribution in [0.2, 0.25) is 0 Å². The Morgan fingerprint density at radius 3 is 3.20 bits per heavy atom. The van der Waals surface area contributed by atoms with Crippen molar-refractivity contribution in [1.82, 2.24) is 9.88 Å². The van der Waals surface area contributed by atoms with E-state index in [1.807, 2.05) is 23.1 Å². The normalized spacial score (nSPS) is 28.6. The van der Waals surface area contributed by atoms with Crippen molar-refractivity contribution < 1.29 is 9.53 Å². The summed E-state index contributed by atoms with van der Waals surface area (Å²) in [5.41, 5.74) is 1.07. The van der Waals surface area contributed by atoms with Gasteiger partial charge in [0.25, 0.3) is 0 Å². The number of nitrogens with zero attached hydrogens (tertiary/aromatic N) is 2. The van der Waals surface area contributed by atoms with Crippen molar-refractivity contribution >= 4 is 5.91 Å². The molecule has 0 aromatic carbocycles. The molecule has 2 heterocycles. The fourth-order valence-electron chi connectivity index (χ4n) is 3.90. The van der Waals surface area contributed by atoms with Gasteiger partial charge in [-0.25, -0.2) is 0 Å². The molecule has 20 heavy (non-hydrogen) atoms. The number of amides is 1. The van der Waals surface area contributed by atoms with Crippen molar-refractivity contribution in [1.29, 1.82) is 0 Å². The summed E-state index contributed by atoms with van der Waals surface area (Å²) in [6, 6.07) is 5.72. The molecule has 1 saturated carbocycles. The number of likely N-dealkylation sites (tertiary alicyclic amines) is 1. The molecule has 0 bridgehead atoms. The van der Waals surface area contributed by atoms with E-state index in [0.717, 1.165) is 25.4 Å². The van der Waals surface area contributed by atoms with E-state index in [-0.39, 0.29) is 11.3 Å². The Morgan fingerprint density at radius 1 is 1.55 bits per heavy atom. The van der Waals surface area contributed by atoms with Crippen molar-refractivity contribution in [3.05, 3.63) is 30.1 Å². The summed E-state index contributed by atoms with van der Waals surface area (Å²) in [5, 5.41) is 0. The van der Waals surface area contributed by atoms with Gasteiger partial charge < -0.3 is 9.64 Å². The van der Waals surface area contributed by atoms with Crippen LogP contribution in [0.5, 0.6) is 0 Å². The second kappa shape index (κ2) is 5.52. The second-order valence-corrected chi connectivity index (χ2v) is 6.16. The van der Waals surface area contributed by atoms with Crippen LogP contribution < -0.4 is 0 Å². The highest BCUT2D eigenvalue weighted by atomic mass is 16.5. The van der Waals surface area contributed by atoms with E-state index >= 15 is 0 Å². The van der Waals surface area contributed by atoms with Gasteiger partial charge in [-0.3, -0.25) is 9.78 Å². The molecule has 1 aliphatic carbocycles. The first-order valence-electron chi connectivity index (χ1n) is 7.40. The molecule has 4 nitrogen and oxygen atoms in total. The first kappa shape index (κ1) is 13.6. The van der Waals surface area contributed by atoms with E-state index in [9.17, 15) is 4.79 Å². The van der Waals surface area contributed by atoms with E-state index in [1.54, 1.807) is 13.3 Å². The van der Waals surface area contributed by atoms with E-state index < -0.39 is 0 Å². The Bertz CT molecular complexity index is 477. The van der Waals surface area contributed by atoms with E-state index in [2.05, 4.69) is 4.98 Å². The van der Waals surface area contributed by atoms with E-state index in [4.69, 9.17) is 4.74 Å². The molecule has 1 saturated heterocycles. The van der Waals surface area contributed by atoms with Crippen LogP contribution >= 0.6 is 0 Å². The maximum atomic E-state index is 12.4. The summed E-state index contributed by atoms with van der Waals surface area (Å²) in [6.45, 7) is 2.54. The Morgan fingerprint density at radius 2 is 2.45 bits per heavy atom. The number of pyridine rings is 1. The van der Waals surface area contributed by atoms with Gasteiger partial charge in [-0.15, -0.1) is 0 Å². The fraction of sp³-hybridized carbons (Fsp3) is 0.625. The van der Waals surface area contributed by atoms with Crippen molar-refractivity contribution in [3.63, 3.8) is 0 Å². The molecule has 4 heteroatoms. The van der Waals surface area contributed by atoms with Crippen LogP contribution in [-0.2, 0) is 16.0 Å². The van der Waals surface area contributed by atoms with Crippen molar-refractivity contribution in [3.8, 4) is 0 Å². The molecule has 2 aliphatic rings. The largest absolute Gasteiger partial charge is 0.384 e. The number of rotatable bonds is 4. The number of aromatic nitrogens is 1. The third-order valence-corrected chi connectivity index (χ3v) is 4.88. The maximum absolute atomic E-state index is 12.4. The Kier molecular flexibility index (Phi) is 3.74. The minimum absolute atomic E-state index is 0.202. The maximum Gasteiger partial charge on any atom is 0.228 e. The fourth-order valence-corrected chi connectivity index (χ4v) is 3.90. The Labute approximate surface area is 120 Å². The minimum atomic E-state index is 0.202. The average molecular weight is 274 g/mol. The Balaban J connectivity index is 1.66. The van der Waals surface area contributed by atoms with Gasteiger partial charge in [-0.1, -0.05) is 12.5 Å². The Hall–Kier alpha value is -1.42. The van der Waals surface area contributed by atoms with Crippen LogP contribution in [0, 0.1) is 11.3 Å². The molecule has 3 rings (SSSR count). The van der Waals surface area contributed by atoms with Crippen LogP contribution in [-0.4, -0.2) is 42.6 Å². The average Bonchev–Trinajstić information content (AvgIpc) is 2.97. The lowest BCUT2D eigenvalue weighted by Gasteiger charge is -2.27. The summed E-state index contributed by atoms with van der Waals surface area (Å²) in [6.07, 6.45) is 5.86. The van der Waals surface area contributed by atoms with Gasteiger partial charge >= 0.3 is 0 Å². The predicted octanol–water partition coefficient (Wildman–Crippen LogP) is 1.90. The quantitative estimate of drug-likeness (QED) is 0.842. The lowest BCUT2D eigenvalue weighted by molar-refractivity contribution is -0.130. The topological polar surface area (TPSA) is 42.4 Å². The lowest BCUT2D eigenvalue weighted by Crippen LogP contribution is -2.35. The molecule has 1 aliphatic heterocycles. The van der Waals surface area contributed by atoms with Gasteiger partial charge in [0, 0.05) is 37.5 Å². The lowest BCUT2D eigenvalue weighted by atomic mass is 9.82. The third kappa shape index (κ3) is 2.44. The monoisotopic (exact) mass is 274 g/mol. The van der Waals surface area contributed by atoms with Crippen LogP contribution in [0.15, 0.2) is 24.4 Å². The van der Waals surface area contributed by atoms with E-state index in [1.165, 1.54) is 19.3 Å². The molecule has 0 radical (unpaired) electrons.